The number of carbonyl (C=O) groups excluding carboxylic acids is 3. The van der Waals surface area contributed by atoms with Gasteiger partial charge in [0.25, 0.3) is 11.7 Å². The molecule has 1 N–H and O–H groups in total. The highest BCUT2D eigenvalue weighted by atomic mass is 19.1. The van der Waals surface area contributed by atoms with E-state index in [0.717, 1.165) is 11.0 Å². The lowest BCUT2D eigenvalue weighted by atomic mass is 10.1. The molecule has 2 amide bonds. The lowest BCUT2D eigenvalue weighted by Crippen LogP contribution is -2.33. The van der Waals surface area contributed by atoms with Gasteiger partial charge in [-0.05, 0) is 6.07 Å². The van der Waals surface area contributed by atoms with Crippen LogP contribution >= 0.6 is 0 Å². The predicted octanol–water partition coefficient (Wildman–Crippen LogP) is 0.630. The summed E-state index contributed by atoms with van der Waals surface area (Å²) in [4.78, 5) is 35.3. The first-order valence-electron chi connectivity index (χ1n) is 5.51. The molecule has 0 aliphatic carbocycles. The number of nitrogens with one attached hydrogen (secondary N) is 1. The van der Waals surface area contributed by atoms with E-state index in [-0.39, 0.29) is 24.6 Å². The van der Waals surface area contributed by atoms with Gasteiger partial charge in [0.15, 0.2) is 0 Å². The number of benzene rings is 1. The van der Waals surface area contributed by atoms with Gasteiger partial charge in [0.1, 0.15) is 11.6 Å². The van der Waals surface area contributed by atoms with Crippen LogP contribution in [0.3, 0.4) is 0 Å². The zero-order valence-electron chi connectivity index (χ0n) is 10.00. The first-order chi connectivity index (χ1) is 8.95. The molecule has 2 rings (SSSR count). The smallest absolute Gasteiger partial charge is 0.299 e. The van der Waals surface area contributed by atoms with Gasteiger partial charge in [-0.3, -0.25) is 14.4 Å². The fourth-order valence-corrected chi connectivity index (χ4v) is 1.90. The Hall–Kier alpha value is -2.31. The number of halogens is 2. The van der Waals surface area contributed by atoms with Crippen molar-refractivity contribution >= 4 is 23.3 Å². The summed E-state index contributed by atoms with van der Waals surface area (Å²) < 4.78 is 26.6. The summed E-state index contributed by atoms with van der Waals surface area (Å²) in [6, 6.07) is 1.46. The molecule has 5 nitrogen and oxygen atoms in total. The number of anilines is 1. The van der Waals surface area contributed by atoms with Gasteiger partial charge in [-0.2, -0.15) is 0 Å². The minimum atomic E-state index is -1.07. The van der Waals surface area contributed by atoms with Gasteiger partial charge in [0.2, 0.25) is 5.91 Å². The molecule has 7 heteroatoms. The molecule has 1 heterocycles. The zero-order valence-corrected chi connectivity index (χ0v) is 10.00. The zero-order chi connectivity index (χ0) is 14.2. The van der Waals surface area contributed by atoms with Crippen LogP contribution in [0, 0.1) is 11.6 Å². The van der Waals surface area contributed by atoms with Crippen LogP contribution in [0.15, 0.2) is 12.1 Å². The van der Waals surface area contributed by atoms with Crippen molar-refractivity contribution in [3.05, 3.63) is 29.3 Å². The van der Waals surface area contributed by atoms with Crippen LogP contribution in [-0.4, -0.2) is 31.2 Å². The molecule has 1 aromatic rings. The summed E-state index contributed by atoms with van der Waals surface area (Å²) in [6.45, 7) is -0.111. The van der Waals surface area contributed by atoms with Crippen LogP contribution in [0.25, 0.3) is 0 Å². The van der Waals surface area contributed by atoms with Crippen molar-refractivity contribution in [2.45, 2.75) is 6.42 Å². The number of fused-ring (bicyclic) bond motifs is 1. The van der Waals surface area contributed by atoms with E-state index in [1.807, 2.05) is 0 Å². The van der Waals surface area contributed by atoms with E-state index in [1.54, 1.807) is 0 Å². The standard InChI is InChI=1S/C12H10F2N2O3/c1-15-9(17)2-3-16-8-5-6(13)4-7(14)10(8)11(18)12(16)19/h4-5H,2-3H2,1H3,(H,15,17). The van der Waals surface area contributed by atoms with Gasteiger partial charge in [-0.15, -0.1) is 0 Å². The Morgan fingerprint density at radius 3 is 2.63 bits per heavy atom. The highest BCUT2D eigenvalue weighted by molar-refractivity contribution is 6.52. The van der Waals surface area contributed by atoms with Crippen LogP contribution in [-0.2, 0) is 9.59 Å². The molecule has 0 fully saturated rings. The third-order valence-corrected chi connectivity index (χ3v) is 2.83. The number of hydrogen-bond donors (Lipinski definition) is 1. The maximum atomic E-state index is 13.5. The second-order valence-corrected chi connectivity index (χ2v) is 3.99. The van der Waals surface area contributed by atoms with Gasteiger partial charge >= 0.3 is 0 Å². The number of Topliss-reactive ketones (excluding diaryl/α,β-unsaturated/α-hetero) is 1. The van der Waals surface area contributed by atoms with E-state index in [1.165, 1.54) is 7.05 Å². The third-order valence-electron chi connectivity index (χ3n) is 2.83. The summed E-state index contributed by atoms with van der Waals surface area (Å²) in [5, 5.41) is 2.35. The topological polar surface area (TPSA) is 66.5 Å². The SMILES string of the molecule is CNC(=O)CCN1C(=O)C(=O)c2c(F)cc(F)cc21. The molecule has 19 heavy (non-hydrogen) atoms. The number of amides is 2. The number of ketones is 1. The van der Waals surface area contributed by atoms with Crippen LogP contribution in [0.5, 0.6) is 0 Å². The average Bonchev–Trinajstić information content (AvgIpc) is 2.59. The van der Waals surface area contributed by atoms with Gasteiger partial charge < -0.3 is 10.2 Å². The number of hydrogen-bond acceptors (Lipinski definition) is 3. The maximum Gasteiger partial charge on any atom is 0.299 e. The van der Waals surface area contributed by atoms with E-state index in [2.05, 4.69) is 5.32 Å². The van der Waals surface area contributed by atoms with E-state index >= 15 is 0 Å². The summed E-state index contributed by atoms with van der Waals surface area (Å²) in [6.07, 6.45) is -0.0624. The molecule has 0 spiro atoms. The Morgan fingerprint density at radius 1 is 1.32 bits per heavy atom. The molecule has 0 saturated carbocycles. The lowest BCUT2D eigenvalue weighted by Gasteiger charge is -2.15. The van der Waals surface area contributed by atoms with Crippen LogP contribution in [0.2, 0.25) is 0 Å². The number of nitrogens with zero attached hydrogens (tertiary/aromatic N) is 1. The van der Waals surface area contributed by atoms with Crippen molar-refractivity contribution in [3.8, 4) is 0 Å². The fraction of sp³-hybridized carbons (Fsp3) is 0.250. The van der Waals surface area contributed by atoms with E-state index in [0.29, 0.717) is 6.07 Å². The van der Waals surface area contributed by atoms with Crippen molar-refractivity contribution in [2.75, 3.05) is 18.5 Å². The average molecular weight is 268 g/mol. The summed E-state index contributed by atoms with van der Waals surface area (Å²) in [7, 11) is 1.42. The van der Waals surface area contributed by atoms with Crippen LogP contribution < -0.4 is 10.2 Å². The molecule has 1 aliphatic rings. The molecular weight excluding hydrogens is 258 g/mol. The lowest BCUT2D eigenvalue weighted by molar-refractivity contribution is -0.120. The number of rotatable bonds is 3. The minimum Gasteiger partial charge on any atom is -0.359 e. The largest absolute Gasteiger partial charge is 0.359 e. The van der Waals surface area contributed by atoms with Gasteiger partial charge in [-0.25, -0.2) is 8.78 Å². The Balaban J connectivity index is 2.36. The van der Waals surface area contributed by atoms with E-state index in [9.17, 15) is 23.2 Å². The van der Waals surface area contributed by atoms with Gasteiger partial charge in [0, 0.05) is 26.1 Å². The van der Waals surface area contributed by atoms with Gasteiger partial charge in [-0.1, -0.05) is 0 Å². The molecule has 0 radical (unpaired) electrons. The molecule has 0 unspecified atom stereocenters. The molecule has 0 aromatic heterocycles. The van der Waals surface area contributed by atoms with Crippen molar-refractivity contribution in [1.29, 1.82) is 0 Å². The minimum absolute atomic E-state index is 0.0624. The Labute approximate surface area is 107 Å². The van der Waals surface area contributed by atoms with Crippen LogP contribution in [0.1, 0.15) is 16.8 Å². The second kappa shape index (κ2) is 4.75. The van der Waals surface area contributed by atoms with Gasteiger partial charge in [0.05, 0.1) is 11.3 Å². The first kappa shape index (κ1) is 13.1. The highest BCUT2D eigenvalue weighted by Gasteiger charge is 2.38. The summed E-state index contributed by atoms with van der Waals surface area (Å²) in [5.74, 6) is -4.28. The Morgan fingerprint density at radius 2 is 2.00 bits per heavy atom. The van der Waals surface area contributed by atoms with Crippen LogP contribution in [0.4, 0.5) is 14.5 Å². The van der Waals surface area contributed by atoms with E-state index in [4.69, 9.17) is 0 Å². The Bertz CT molecular complexity index is 587. The molecule has 1 aliphatic heterocycles. The maximum absolute atomic E-state index is 13.5. The summed E-state index contributed by atoms with van der Waals surface area (Å²) >= 11 is 0. The van der Waals surface area contributed by atoms with Crippen molar-refractivity contribution in [1.82, 2.24) is 5.32 Å². The molecule has 1 aromatic carbocycles. The van der Waals surface area contributed by atoms with Crippen molar-refractivity contribution in [2.24, 2.45) is 0 Å². The molecule has 100 valence electrons. The quantitative estimate of drug-likeness (QED) is 0.818. The van der Waals surface area contributed by atoms with Crippen molar-refractivity contribution < 1.29 is 23.2 Å². The Kier molecular flexibility index (Phi) is 3.28. The molecule has 0 bridgehead atoms. The monoisotopic (exact) mass is 268 g/mol. The predicted molar refractivity (Wildman–Crippen MR) is 61.7 cm³/mol. The van der Waals surface area contributed by atoms with Crippen molar-refractivity contribution in [3.63, 3.8) is 0 Å². The summed E-state index contributed by atoms with van der Waals surface area (Å²) in [5.41, 5.74) is -0.570. The second-order valence-electron chi connectivity index (χ2n) is 3.99. The highest BCUT2D eigenvalue weighted by Crippen LogP contribution is 2.31. The molecule has 0 atom stereocenters. The van der Waals surface area contributed by atoms with E-state index < -0.39 is 28.9 Å². The first-order valence-corrected chi connectivity index (χ1v) is 5.51. The normalized spacial score (nSPS) is 13.7. The molecular formula is C12H10F2N2O3. The molecule has 0 saturated heterocycles. The fourth-order valence-electron chi connectivity index (χ4n) is 1.90. The number of carbonyl (C=O) groups is 3. The third kappa shape index (κ3) is 2.18.